The monoisotopic (exact) mass is 399 g/mol. The first-order chi connectivity index (χ1) is 13.1. The summed E-state index contributed by atoms with van der Waals surface area (Å²) >= 11 is 0. The number of benzene rings is 2. The van der Waals surface area contributed by atoms with Gasteiger partial charge in [-0.25, -0.2) is 4.68 Å². The Hall–Kier alpha value is -2.93. The summed E-state index contributed by atoms with van der Waals surface area (Å²) in [4.78, 5) is 24.9. The number of nitrogen functional groups attached to an aromatic ring is 1. The number of rotatable bonds is 4. The Morgan fingerprint density at radius 3 is 2.93 bits per heavy atom. The van der Waals surface area contributed by atoms with Crippen LogP contribution >= 0.6 is 12.4 Å². The van der Waals surface area contributed by atoms with E-state index in [1.54, 1.807) is 18.2 Å². The van der Waals surface area contributed by atoms with E-state index in [2.05, 4.69) is 15.6 Å². The topological polar surface area (TPSA) is 103 Å². The van der Waals surface area contributed by atoms with Crippen molar-refractivity contribution in [2.24, 2.45) is 0 Å². The van der Waals surface area contributed by atoms with Gasteiger partial charge in [0.15, 0.2) is 0 Å². The van der Waals surface area contributed by atoms with Crippen molar-refractivity contribution >= 4 is 34.9 Å². The average Bonchev–Trinajstić information content (AvgIpc) is 2.67. The molecule has 0 bridgehead atoms. The highest BCUT2D eigenvalue weighted by Gasteiger charge is 2.22. The normalized spacial score (nSPS) is 15.5. The maximum absolute atomic E-state index is 12.4. The SMILES string of the molecule is Cl.Nc1ccc2c(c1)CCCC2NC(=O)CCn1nnc2ccccc2c1=O. The number of nitrogens with two attached hydrogens (primary N) is 1. The summed E-state index contributed by atoms with van der Waals surface area (Å²) in [7, 11) is 0. The number of nitrogens with zero attached hydrogens (tertiary/aromatic N) is 3. The van der Waals surface area contributed by atoms with E-state index in [0.717, 1.165) is 30.5 Å². The molecule has 4 rings (SSSR count). The number of nitrogens with one attached hydrogen (secondary N) is 1. The molecule has 0 radical (unpaired) electrons. The van der Waals surface area contributed by atoms with Crippen LogP contribution in [0.5, 0.6) is 0 Å². The summed E-state index contributed by atoms with van der Waals surface area (Å²) < 4.78 is 1.25. The molecule has 1 unspecified atom stereocenters. The van der Waals surface area contributed by atoms with Crippen LogP contribution in [-0.2, 0) is 17.8 Å². The number of anilines is 1. The third kappa shape index (κ3) is 3.99. The zero-order valence-corrected chi connectivity index (χ0v) is 16.1. The van der Waals surface area contributed by atoms with Gasteiger partial charge in [0.05, 0.1) is 18.0 Å². The van der Waals surface area contributed by atoms with Crippen molar-refractivity contribution in [3.8, 4) is 0 Å². The predicted octanol–water partition coefficient (Wildman–Crippen LogP) is 2.38. The molecule has 0 saturated heterocycles. The smallest absolute Gasteiger partial charge is 0.277 e. The number of carbonyl (C=O) groups excluding carboxylic acids is 1. The van der Waals surface area contributed by atoms with Gasteiger partial charge in [-0.15, -0.1) is 17.5 Å². The molecule has 28 heavy (non-hydrogen) atoms. The van der Waals surface area contributed by atoms with Gasteiger partial charge in [-0.3, -0.25) is 9.59 Å². The fourth-order valence-corrected chi connectivity index (χ4v) is 3.63. The number of hydrogen-bond donors (Lipinski definition) is 2. The lowest BCUT2D eigenvalue weighted by atomic mass is 9.87. The number of carbonyl (C=O) groups is 1. The van der Waals surface area contributed by atoms with Crippen LogP contribution in [0.2, 0.25) is 0 Å². The third-order valence-corrected chi connectivity index (χ3v) is 5.00. The first-order valence-electron chi connectivity index (χ1n) is 9.12. The van der Waals surface area contributed by atoms with E-state index in [1.807, 2.05) is 24.3 Å². The molecule has 0 fully saturated rings. The van der Waals surface area contributed by atoms with Gasteiger partial charge in [0.25, 0.3) is 5.56 Å². The highest BCUT2D eigenvalue weighted by Crippen LogP contribution is 2.30. The molecule has 0 aliphatic heterocycles. The van der Waals surface area contributed by atoms with Crippen LogP contribution in [0.4, 0.5) is 5.69 Å². The molecule has 1 aliphatic carbocycles. The van der Waals surface area contributed by atoms with Crippen LogP contribution in [0.15, 0.2) is 47.3 Å². The number of amides is 1. The van der Waals surface area contributed by atoms with Gasteiger partial charge < -0.3 is 11.1 Å². The average molecular weight is 400 g/mol. The minimum absolute atomic E-state index is 0. The van der Waals surface area contributed by atoms with Gasteiger partial charge in [-0.05, 0) is 54.7 Å². The summed E-state index contributed by atoms with van der Waals surface area (Å²) in [6.07, 6.45) is 3.07. The highest BCUT2D eigenvalue weighted by molar-refractivity contribution is 5.85. The molecule has 0 saturated carbocycles. The minimum Gasteiger partial charge on any atom is -0.399 e. The molecular formula is C20H22ClN5O2. The summed E-state index contributed by atoms with van der Waals surface area (Å²) in [5.41, 5.74) is 9.26. The summed E-state index contributed by atoms with van der Waals surface area (Å²) in [5, 5.41) is 11.6. The van der Waals surface area contributed by atoms with Gasteiger partial charge in [0.1, 0.15) is 5.52 Å². The van der Waals surface area contributed by atoms with E-state index in [9.17, 15) is 9.59 Å². The standard InChI is InChI=1S/C20H21N5O2.ClH/c21-14-8-9-15-13(12-14)4-3-7-17(15)22-19(26)10-11-25-20(27)16-5-1-2-6-18(16)23-24-25;/h1-2,5-6,8-9,12,17H,3-4,7,10-11,21H2,(H,22,26);1H. The molecule has 8 heteroatoms. The molecule has 3 aromatic rings. The zero-order valence-electron chi connectivity index (χ0n) is 15.3. The van der Waals surface area contributed by atoms with Crippen LogP contribution < -0.4 is 16.6 Å². The molecule has 146 valence electrons. The molecule has 7 nitrogen and oxygen atoms in total. The van der Waals surface area contributed by atoms with E-state index in [4.69, 9.17) is 5.73 Å². The van der Waals surface area contributed by atoms with Crippen molar-refractivity contribution in [1.82, 2.24) is 20.3 Å². The fourth-order valence-electron chi connectivity index (χ4n) is 3.63. The Labute approximate surface area is 168 Å². The Kier molecular flexibility index (Phi) is 5.94. The van der Waals surface area contributed by atoms with Crippen molar-refractivity contribution in [3.05, 3.63) is 63.9 Å². The molecule has 1 aromatic heterocycles. The Bertz CT molecular complexity index is 1070. The first kappa shape index (κ1) is 19.8. The van der Waals surface area contributed by atoms with E-state index in [1.165, 1.54) is 10.2 Å². The van der Waals surface area contributed by atoms with Gasteiger partial charge in [-0.1, -0.05) is 23.4 Å². The van der Waals surface area contributed by atoms with E-state index in [0.29, 0.717) is 10.9 Å². The van der Waals surface area contributed by atoms with Crippen LogP contribution in [0.25, 0.3) is 10.9 Å². The summed E-state index contributed by atoms with van der Waals surface area (Å²) in [6, 6.07) is 12.9. The molecule has 2 aromatic carbocycles. The van der Waals surface area contributed by atoms with Gasteiger partial charge in [0.2, 0.25) is 5.91 Å². The van der Waals surface area contributed by atoms with E-state index < -0.39 is 0 Å². The molecule has 1 heterocycles. The number of fused-ring (bicyclic) bond motifs is 2. The predicted molar refractivity (Wildman–Crippen MR) is 110 cm³/mol. The fraction of sp³-hybridized carbons (Fsp3) is 0.300. The van der Waals surface area contributed by atoms with Crippen LogP contribution in [0, 0.1) is 0 Å². The molecule has 1 amide bonds. The molecule has 1 aliphatic rings. The lowest BCUT2D eigenvalue weighted by Crippen LogP contribution is -2.33. The number of hydrogen-bond acceptors (Lipinski definition) is 5. The van der Waals surface area contributed by atoms with Crippen LogP contribution in [-0.4, -0.2) is 20.9 Å². The van der Waals surface area contributed by atoms with E-state index in [-0.39, 0.29) is 42.9 Å². The Morgan fingerprint density at radius 1 is 1.25 bits per heavy atom. The van der Waals surface area contributed by atoms with Crippen LogP contribution in [0.3, 0.4) is 0 Å². The van der Waals surface area contributed by atoms with Gasteiger partial charge in [-0.2, -0.15) is 0 Å². The maximum atomic E-state index is 12.4. The number of halogens is 1. The largest absolute Gasteiger partial charge is 0.399 e. The third-order valence-electron chi connectivity index (χ3n) is 5.00. The zero-order chi connectivity index (χ0) is 18.8. The van der Waals surface area contributed by atoms with Crippen LogP contribution in [0.1, 0.15) is 36.4 Å². The Balaban J connectivity index is 0.00000225. The first-order valence-corrected chi connectivity index (χ1v) is 9.12. The number of aryl methyl sites for hydroxylation is 2. The maximum Gasteiger partial charge on any atom is 0.277 e. The van der Waals surface area contributed by atoms with Gasteiger partial charge >= 0.3 is 0 Å². The van der Waals surface area contributed by atoms with Crippen molar-refractivity contribution in [2.45, 2.75) is 38.3 Å². The van der Waals surface area contributed by atoms with Crippen molar-refractivity contribution < 1.29 is 4.79 Å². The molecule has 3 N–H and O–H groups in total. The second-order valence-corrected chi connectivity index (χ2v) is 6.86. The minimum atomic E-state index is -0.230. The molecule has 1 atom stereocenters. The van der Waals surface area contributed by atoms with Crippen molar-refractivity contribution in [3.63, 3.8) is 0 Å². The molecule has 0 spiro atoms. The van der Waals surface area contributed by atoms with E-state index >= 15 is 0 Å². The summed E-state index contributed by atoms with van der Waals surface area (Å²) in [6.45, 7) is 0.198. The van der Waals surface area contributed by atoms with Crippen molar-refractivity contribution in [1.29, 1.82) is 0 Å². The number of aromatic nitrogens is 3. The van der Waals surface area contributed by atoms with Gasteiger partial charge in [0, 0.05) is 12.1 Å². The van der Waals surface area contributed by atoms with Crippen molar-refractivity contribution in [2.75, 3.05) is 5.73 Å². The lowest BCUT2D eigenvalue weighted by molar-refractivity contribution is -0.122. The Morgan fingerprint density at radius 2 is 2.07 bits per heavy atom. The quantitative estimate of drug-likeness (QED) is 0.655. The lowest BCUT2D eigenvalue weighted by Gasteiger charge is -2.26. The highest BCUT2D eigenvalue weighted by atomic mass is 35.5. The second kappa shape index (κ2) is 8.39. The summed E-state index contributed by atoms with van der Waals surface area (Å²) in [5.74, 6) is -0.105. The molecular weight excluding hydrogens is 378 g/mol. The second-order valence-electron chi connectivity index (χ2n) is 6.86.